The summed E-state index contributed by atoms with van der Waals surface area (Å²) in [7, 11) is 2.28. The quantitative estimate of drug-likeness (QED) is 0.769. The van der Waals surface area contributed by atoms with E-state index in [1.165, 1.54) is 25.9 Å². The lowest BCUT2D eigenvalue weighted by atomic mass is 9.96. The van der Waals surface area contributed by atoms with Crippen LogP contribution >= 0.6 is 0 Å². The Morgan fingerprint density at radius 3 is 2.20 bits per heavy atom. The van der Waals surface area contributed by atoms with Gasteiger partial charge in [-0.2, -0.15) is 0 Å². The van der Waals surface area contributed by atoms with Crippen molar-refractivity contribution in [3.63, 3.8) is 0 Å². The highest BCUT2D eigenvalue weighted by molar-refractivity contribution is 4.85. The van der Waals surface area contributed by atoms with Gasteiger partial charge in [-0.25, -0.2) is 0 Å². The van der Waals surface area contributed by atoms with Crippen LogP contribution in [0, 0.1) is 11.8 Å². The van der Waals surface area contributed by atoms with Crippen LogP contribution in [0.25, 0.3) is 0 Å². The fourth-order valence-corrected chi connectivity index (χ4v) is 2.55. The summed E-state index contributed by atoms with van der Waals surface area (Å²) in [6.07, 6.45) is 2.62. The van der Waals surface area contributed by atoms with E-state index in [2.05, 4.69) is 45.0 Å². The molecular formula is C13H28N2. The maximum absolute atomic E-state index is 3.69. The van der Waals surface area contributed by atoms with E-state index in [-0.39, 0.29) is 0 Å². The van der Waals surface area contributed by atoms with E-state index < -0.39 is 0 Å². The Morgan fingerprint density at radius 1 is 1.13 bits per heavy atom. The van der Waals surface area contributed by atoms with Gasteiger partial charge in [-0.3, -0.25) is 0 Å². The van der Waals surface area contributed by atoms with Gasteiger partial charge in [0.05, 0.1) is 0 Å². The summed E-state index contributed by atoms with van der Waals surface area (Å²) in [6.45, 7) is 11.6. The SMILES string of the molecule is CC(C)CC1CN[C@H](CC(C)C)CN1C. The molecule has 90 valence electrons. The Balaban J connectivity index is 2.34. The van der Waals surface area contributed by atoms with E-state index in [0.29, 0.717) is 6.04 Å². The molecule has 1 unspecified atom stereocenters. The van der Waals surface area contributed by atoms with Crippen LogP contribution in [0.2, 0.25) is 0 Å². The van der Waals surface area contributed by atoms with Crippen molar-refractivity contribution >= 4 is 0 Å². The highest BCUT2D eigenvalue weighted by Crippen LogP contribution is 2.16. The molecule has 2 heteroatoms. The van der Waals surface area contributed by atoms with Crippen LogP contribution in [0.1, 0.15) is 40.5 Å². The Kier molecular flexibility index (Phi) is 5.07. The van der Waals surface area contributed by atoms with Crippen molar-refractivity contribution in [3.8, 4) is 0 Å². The summed E-state index contributed by atoms with van der Waals surface area (Å²) in [6, 6.07) is 1.45. The molecule has 1 rings (SSSR count). The first-order chi connectivity index (χ1) is 6.99. The molecule has 1 N–H and O–H groups in total. The van der Waals surface area contributed by atoms with Crippen LogP contribution in [0.4, 0.5) is 0 Å². The average molecular weight is 212 g/mol. The van der Waals surface area contributed by atoms with Gasteiger partial charge in [-0.15, -0.1) is 0 Å². The first-order valence-corrected chi connectivity index (χ1v) is 6.42. The number of nitrogens with one attached hydrogen (secondary N) is 1. The molecule has 0 bridgehead atoms. The van der Waals surface area contributed by atoms with Gasteiger partial charge in [-0.1, -0.05) is 27.7 Å². The molecule has 0 amide bonds. The monoisotopic (exact) mass is 212 g/mol. The van der Waals surface area contributed by atoms with E-state index in [1.54, 1.807) is 0 Å². The summed E-state index contributed by atoms with van der Waals surface area (Å²) < 4.78 is 0. The maximum atomic E-state index is 3.69. The van der Waals surface area contributed by atoms with Crippen LogP contribution in [0.15, 0.2) is 0 Å². The van der Waals surface area contributed by atoms with Crippen LogP contribution in [0.3, 0.4) is 0 Å². The Bertz CT molecular complexity index is 177. The number of hydrogen-bond donors (Lipinski definition) is 1. The largest absolute Gasteiger partial charge is 0.311 e. The Hall–Kier alpha value is -0.0800. The van der Waals surface area contributed by atoms with Crippen molar-refractivity contribution < 1.29 is 0 Å². The third kappa shape index (κ3) is 4.52. The van der Waals surface area contributed by atoms with E-state index in [1.807, 2.05) is 0 Å². The van der Waals surface area contributed by atoms with Crippen molar-refractivity contribution in [2.24, 2.45) is 11.8 Å². The smallest absolute Gasteiger partial charge is 0.0220 e. The normalized spacial score (nSPS) is 29.0. The van der Waals surface area contributed by atoms with Gasteiger partial charge < -0.3 is 10.2 Å². The fraction of sp³-hybridized carbons (Fsp3) is 1.00. The van der Waals surface area contributed by atoms with Gasteiger partial charge in [0.1, 0.15) is 0 Å². The molecule has 0 aromatic heterocycles. The van der Waals surface area contributed by atoms with Gasteiger partial charge in [-0.05, 0) is 31.7 Å². The number of likely N-dealkylation sites (N-methyl/N-ethyl adjacent to an activating group) is 1. The standard InChI is InChI=1S/C13H28N2/c1-10(2)6-12-9-15(5)13(8-14-12)7-11(3)4/h10-14H,6-9H2,1-5H3/t12-,13?/m1/s1. The van der Waals surface area contributed by atoms with Crippen LogP contribution in [-0.4, -0.2) is 37.1 Å². The Labute approximate surface area is 95.4 Å². The van der Waals surface area contributed by atoms with Gasteiger partial charge in [0, 0.05) is 25.2 Å². The topological polar surface area (TPSA) is 15.3 Å². The first-order valence-electron chi connectivity index (χ1n) is 6.42. The zero-order chi connectivity index (χ0) is 11.4. The molecule has 1 aliphatic rings. The molecule has 1 fully saturated rings. The number of nitrogens with zero attached hydrogens (tertiary/aromatic N) is 1. The molecule has 2 atom stereocenters. The predicted molar refractivity (Wildman–Crippen MR) is 67.1 cm³/mol. The zero-order valence-corrected chi connectivity index (χ0v) is 11.1. The summed E-state index contributed by atoms with van der Waals surface area (Å²) >= 11 is 0. The lowest BCUT2D eigenvalue weighted by Gasteiger charge is -2.39. The van der Waals surface area contributed by atoms with Crippen LogP contribution in [-0.2, 0) is 0 Å². The molecule has 2 nitrogen and oxygen atoms in total. The summed E-state index contributed by atoms with van der Waals surface area (Å²) in [5, 5.41) is 3.69. The number of rotatable bonds is 4. The van der Waals surface area contributed by atoms with Gasteiger partial charge in [0.25, 0.3) is 0 Å². The summed E-state index contributed by atoms with van der Waals surface area (Å²) in [5.41, 5.74) is 0. The molecule has 1 aliphatic heterocycles. The van der Waals surface area contributed by atoms with Gasteiger partial charge in [0.2, 0.25) is 0 Å². The molecule has 0 spiro atoms. The first kappa shape index (κ1) is 13.0. The van der Waals surface area contributed by atoms with E-state index in [4.69, 9.17) is 0 Å². The Morgan fingerprint density at radius 2 is 1.73 bits per heavy atom. The van der Waals surface area contributed by atoms with E-state index in [0.717, 1.165) is 17.9 Å². The molecule has 1 saturated heterocycles. The molecule has 0 aromatic carbocycles. The minimum atomic E-state index is 0.707. The van der Waals surface area contributed by atoms with Crippen LogP contribution in [0.5, 0.6) is 0 Å². The third-order valence-corrected chi connectivity index (χ3v) is 3.27. The van der Waals surface area contributed by atoms with Crippen molar-refractivity contribution in [2.75, 3.05) is 20.1 Å². The van der Waals surface area contributed by atoms with E-state index >= 15 is 0 Å². The summed E-state index contributed by atoms with van der Waals surface area (Å²) in [4.78, 5) is 2.55. The van der Waals surface area contributed by atoms with E-state index in [9.17, 15) is 0 Å². The molecule has 0 aromatic rings. The minimum absolute atomic E-state index is 0.707. The van der Waals surface area contributed by atoms with Crippen molar-refractivity contribution in [3.05, 3.63) is 0 Å². The molecule has 0 aliphatic carbocycles. The third-order valence-electron chi connectivity index (χ3n) is 3.27. The lowest BCUT2D eigenvalue weighted by Crippen LogP contribution is -2.55. The molecule has 0 saturated carbocycles. The minimum Gasteiger partial charge on any atom is -0.311 e. The number of piperazine rings is 1. The maximum Gasteiger partial charge on any atom is 0.0220 e. The van der Waals surface area contributed by atoms with Crippen molar-refractivity contribution in [1.82, 2.24) is 10.2 Å². The zero-order valence-electron chi connectivity index (χ0n) is 11.1. The summed E-state index contributed by atoms with van der Waals surface area (Å²) in [5.74, 6) is 1.61. The highest BCUT2D eigenvalue weighted by Gasteiger charge is 2.25. The highest BCUT2D eigenvalue weighted by atomic mass is 15.2. The lowest BCUT2D eigenvalue weighted by molar-refractivity contribution is 0.135. The second kappa shape index (κ2) is 5.86. The van der Waals surface area contributed by atoms with Crippen molar-refractivity contribution in [2.45, 2.75) is 52.6 Å². The predicted octanol–water partition coefficient (Wildman–Crippen LogP) is 2.35. The second-order valence-electron chi connectivity index (χ2n) is 5.96. The average Bonchev–Trinajstić information content (AvgIpc) is 2.08. The molecular weight excluding hydrogens is 184 g/mol. The van der Waals surface area contributed by atoms with Gasteiger partial charge in [0.15, 0.2) is 0 Å². The molecule has 0 radical (unpaired) electrons. The van der Waals surface area contributed by atoms with Gasteiger partial charge >= 0.3 is 0 Å². The second-order valence-corrected chi connectivity index (χ2v) is 5.96. The van der Waals surface area contributed by atoms with Crippen LogP contribution < -0.4 is 5.32 Å². The molecule has 1 heterocycles. The number of hydrogen-bond acceptors (Lipinski definition) is 2. The van der Waals surface area contributed by atoms with Crippen molar-refractivity contribution in [1.29, 1.82) is 0 Å². The molecule has 15 heavy (non-hydrogen) atoms. The fourth-order valence-electron chi connectivity index (χ4n) is 2.55.